The summed E-state index contributed by atoms with van der Waals surface area (Å²) in [6.45, 7) is 1.93. The summed E-state index contributed by atoms with van der Waals surface area (Å²) in [7, 11) is 0. The van der Waals surface area contributed by atoms with Gasteiger partial charge >= 0.3 is 0 Å². The van der Waals surface area contributed by atoms with Crippen molar-refractivity contribution in [1.82, 2.24) is 0 Å². The van der Waals surface area contributed by atoms with E-state index in [1.807, 2.05) is 19.1 Å². The Morgan fingerprint density at radius 2 is 1.54 bits per heavy atom. The lowest BCUT2D eigenvalue weighted by molar-refractivity contribution is 0.424. The maximum Gasteiger partial charge on any atom is 0.200 e. The van der Waals surface area contributed by atoms with Gasteiger partial charge < -0.3 is 30.5 Å². The van der Waals surface area contributed by atoms with Gasteiger partial charge in [0.1, 0.15) is 41.1 Å². The molecule has 3 aromatic rings. The number of aryl methyl sites for hydroxylation is 1. The molecule has 0 amide bonds. The van der Waals surface area contributed by atoms with E-state index in [2.05, 4.69) is 0 Å². The van der Waals surface area contributed by atoms with E-state index in [-0.39, 0.29) is 21.2 Å². The minimum absolute atomic E-state index is 0.0376. The van der Waals surface area contributed by atoms with E-state index < -0.39 is 0 Å². The zero-order valence-electron chi connectivity index (χ0n) is 19.4. The molecule has 0 aromatic heterocycles. The number of nitrogen functional groups attached to an aromatic ring is 2. The van der Waals surface area contributed by atoms with Crippen LogP contribution in [-0.2, 0) is 0 Å². The van der Waals surface area contributed by atoms with Crippen molar-refractivity contribution in [2.24, 2.45) is 0 Å². The van der Waals surface area contributed by atoms with Crippen LogP contribution in [0.15, 0.2) is 82.4 Å². The number of rotatable bonds is 5. The fraction of sp³-hybridized carbons (Fsp3) is 0.0357. The molecule has 0 saturated heterocycles. The average molecular weight is 535 g/mol. The second-order valence-corrected chi connectivity index (χ2v) is 9.17. The molecule has 37 heavy (non-hydrogen) atoms. The number of anilines is 2. The highest BCUT2D eigenvalue weighted by Gasteiger charge is 2.21. The van der Waals surface area contributed by atoms with E-state index in [0.29, 0.717) is 56.3 Å². The molecule has 0 unspecified atom stereocenters. The Balaban J connectivity index is 1.58. The Labute approximate surface area is 221 Å². The molecule has 0 radical (unpaired) electrons. The van der Waals surface area contributed by atoms with Crippen molar-refractivity contribution in [3.05, 3.63) is 99.0 Å². The van der Waals surface area contributed by atoms with Gasteiger partial charge in [-0.15, -0.1) is 0 Å². The maximum atomic E-state index is 12.2. The Hall–Kier alpha value is -4.33. The van der Waals surface area contributed by atoms with Crippen molar-refractivity contribution in [2.45, 2.75) is 6.92 Å². The highest BCUT2D eigenvalue weighted by atomic mass is 35.5. The molecule has 186 valence electrons. The van der Waals surface area contributed by atoms with Crippen LogP contribution in [0.25, 0.3) is 33.4 Å². The monoisotopic (exact) mass is 534 g/mol. The molecule has 7 nitrogen and oxygen atoms in total. The van der Waals surface area contributed by atoms with Crippen LogP contribution in [-0.4, -0.2) is 5.11 Å². The summed E-state index contributed by atoms with van der Waals surface area (Å²) >= 11 is 12.4. The number of ether oxygens (including phenoxy) is 2. The fourth-order valence-corrected chi connectivity index (χ4v) is 4.28. The summed E-state index contributed by atoms with van der Waals surface area (Å²) in [6.07, 6.45) is 2.71. The molecule has 0 fully saturated rings. The molecule has 3 aromatic carbocycles. The van der Waals surface area contributed by atoms with Gasteiger partial charge in [-0.1, -0.05) is 35.3 Å². The first-order valence-electron chi connectivity index (χ1n) is 11.0. The second kappa shape index (κ2) is 9.61. The Kier molecular flexibility index (Phi) is 6.33. The number of halogens is 2. The van der Waals surface area contributed by atoms with Crippen LogP contribution in [0.5, 0.6) is 17.2 Å². The smallest absolute Gasteiger partial charge is 0.200 e. The van der Waals surface area contributed by atoms with Gasteiger partial charge in [0.15, 0.2) is 0 Å². The summed E-state index contributed by atoms with van der Waals surface area (Å²) in [5.74, 6) is 0.998. The van der Waals surface area contributed by atoms with Crippen LogP contribution >= 0.6 is 23.2 Å². The third-order valence-electron chi connectivity index (χ3n) is 5.76. The minimum atomic E-state index is -0.387. The molecule has 1 heterocycles. The van der Waals surface area contributed by atoms with Crippen molar-refractivity contribution in [1.29, 1.82) is 0 Å². The number of aromatic hydroxyl groups is 1. The highest BCUT2D eigenvalue weighted by Crippen LogP contribution is 2.44. The van der Waals surface area contributed by atoms with Gasteiger partial charge in [0.2, 0.25) is 5.43 Å². The third-order valence-corrected chi connectivity index (χ3v) is 6.36. The third kappa shape index (κ3) is 4.74. The van der Waals surface area contributed by atoms with Crippen LogP contribution in [0.1, 0.15) is 5.56 Å². The number of fused-ring (bicyclic) bond motifs is 2. The SMILES string of the molecule is Cc1ccc(N)c(OC=COc2cc(-c3c4cc(Cl)c(=O)cc-4oc4cc(O)c(Cl)cc34)ccc2N)c1. The van der Waals surface area contributed by atoms with Gasteiger partial charge in [-0.2, -0.15) is 0 Å². The topological polar surface area (TPSA) is 121 Å². The average Bonchev–Trinajstić information content (AvgIpc) is 2.86. The molecule has 5 N–H and O–H groups in total. The van der Waals surface area contributed by atoms with E-state index in [1.54, 1.807) is 30.3 Å². The molecule has 0 saturated carbocycles. The molecular weight excluding hydrogens is 515 g/mol. The van der Waals surface area contributed by atoms with Crippen LogP contribution in [0, 0.1) is 6.92 Å². The predicted molar refractivity (Wildman–Crippen MR) is 147 cm³/mol. The van der Waals surface area contributed by atoms with E-state index in [9.17, 15) is 9.90 Å². The molecule has 0 atom stereocenters. The van der Waals surface area contributed by atoms with Crippen molar-refractivity contribution in [2.75, 3.05) is 11.5 Å². The number of phenolic OH excluding ortho intramolecular Hbond substituents is 1. The zero-order valence-corrected chi connectivity index (χ0v) is 20.9. The maximum absolute atomic E-state index is 12.2. The molecule has 0 spiro atoms. The van der Waals surface area contributed by atoms with E-state index in [4.69, 9.17) is 48.6 Å². The van der Waals surface area contributed by atoms with Crippen LogP contribution < -0.4 is 26.4 Å². The van der Waals surface area contributed by atoms with Crippen LogP contribution in [0.3, 0.4) is 0 Å². The predicted octanol–water partition coefficient (Wildman–Crippen LogP) is 6.98. The van der Waals surface area contributed by atoms with E-state index >= 15 is 0 Å². The second-order valence-electron chi connectivity index (χ2n) is 8.36. The fourth-order valence-electron chi connectivity index (χ4n) is 3.95. The first-order chi connectivity index (χ1) is 17.7. The summed E-state index contributed by atoms with van der Waals surface area (Å²) in [4.78, 5) is 12.2. The van der Waals surface area contributed by atoms with Crippen LogP contribution in [0.2, 0.25) is 10.0 Å². The lowest BCUT2D eigenvalue weighted by Gasteiger charge is -2.17. The van der Waals surface area contributed by atoms with Crippen molar-refractivity contribution in [3.8, 4) is 39.7 Å². The quantitative estimate of drug-likeness (QED) is 0.126. The van der Waals surface area contributed by atoms with Crippen molar-refractivity contribution >= 4 is 45.5 Å². The molecule has 5 rings (SSSR count). The van der Waals surface area contributed by atoms with Crippen molar-refractivity contribution in [3.63, 3.8) is 0 Å². The number of hydrogen-bond acceptors (Lipinski definition) is 7. The largest absolute Gasteiger partial charge is 0.506 e. The first kappa shape index (κ1) is 24.4. The molecular formula is C28H20Cl2N2O5. The van der Waals surface area contributed by atoms with E-state index in [0.717, 1.165) is 5.56 Å². The summed E-state index contributed by atoms with van der Waals surface area (Å²) in [5, 5.41) is 10.9. The molecule has 0 bridgehead atoms. The Morgan fingerprint density at radius 1 is 0.865 bits per heavy atom. The first-order valence-corrected chi connectivity index (χ1v) is 11.8. The summed E-state index contributed by atoms with van der Waals surface area (Å²) in [5.41, 5.74) is 15.8. The Morgan fingerprint density at radius 3 is 2.27 bits per heavy atom. The minimum Gasteiger partial charge on any atom is -0.506 e. The van der Waals surface area contributed by atoms with Crippen molar-refractivity contribution < 1.29 is 19.0 Å². The molecule has 1 aliphatic carbocycles. The summed E-state index contributed by atoms with van der Waals surface area (Å²) in [6, 6.07) is 16.5. The zero-order chi connectivity index (χ0) is 26.3. The number of phenols is 1. The highest BCUT2D eigenvalue weighted by molar-refractivity contribution is 6.33. The number of hydrogen-bond donors (Lipinski definition) is 3. The van der Waals surface area contributed by atoms with Gasteiger partial charge in [-0.25, -0.2) is 0 Å². The standard InChI is InChI=1S/C28H20Cl2N2O5/c1-14-2-4-20(31)26(8-14)35-6-7-36-27-9-15(3-5-21(27)32)28-16-10-18(29)22(33)12-24(16)37-25-13-23(34)19(30)11-17(25)28/h2-13,33H,31-32H2,1H3. The van der Waals surface area contributed by atoms with Crippen LogP contribution in [0.4, 0.5) is 11.4 Å². The van der Waals surface area contributed by atoms with Gasteiger partial charge in [-0.05, 0) is 54.4 Å². The van der Waals surface area contributed by atoms with Gasteiger partial charge in [0.05, 0.1) is 21.4 Å². The lowest BCUT2D eigenvalue weighted by Crippen LogP contribution is -2.02. The van der Waals surface area contributed by atoms with E-state index in [1.165, 1.54) is 30.7 Å². The number of nitrogens with two attached hydrogens (primary N) is 2. The lowest BCUT2D eigenvalue weighted by atomic mass is 9.93. The number of benzene rings is 4. The normalized spacial score (nSPS) is 11.4. The molecule has 9 heteroatoms. The van der Waals surface area contributed by atoms with Gasteiger partial charge in [0.25, 0.3) is 0 Å². The molecule has 2 aliphatic rings. The molecule has 1 aliphatic heterocycles. The summed E-state index contributed by atoms with van der Waals surface area (Å²) < 4.78 is 17.3. The van der Waals surface area contributed by atoms with Gasteiger partial charge in [0, 0.05) is 28.6 Å². The van der Waals surface area contributed by atoms with Gasteiger partial charge in [-0.3, -0.25) is 4.79 Å². The Bertz CT molecular complexity index is 1730.